The fourth-order valence-electron chi connectivity index (χ4n) is 2.40. The number of carbonyl (C=O) groups excluding carboxylic acids is 1. The van der Waals surface area contributed by atoms with Crippen LogP contribution < -0.4 is 5.32 Å². The predicted octanol–water partition coefficient (Wildman–Crippen LogP) is 2.39. The van der Waals surface area contributed by atoms with Gasteiger partial charge in [0, 0.05) is 12.6 Å². The van der Waals surface area contributed by atoms with Crippen LogP contribution in [0.15, 0.2) is 18.2 Å². The molecular formula is C14H17F2NO2. The standard InChI is InChI=1S/C14H17F2NO2/c15-10-4-5-11(12(16)8-10)13(18)17-9-14(19)6-2-1-3-7-14/h4-5,8,19H,1-3,6-7,9H2,(H,17,18). The lowest BCUT2D eigenvalue weighted by molar-refractivity contribution is 0.00521. The van der Waals surface area contributed by atoms with E-state index in [9.17, 15) is 18.7 Å². The number of nitrogens with one attached hydrogen (secondary N) is 1. The molecule has 0 heterocycles. The average molecular weight is 269 g/mol. The van der Waals surface area contributed by atoms with Gasteiger partial charge in [-0.05, 0) is 25.0 Å². The van der Waals surface area contributed by atoms with Crippen LogP contribution in [-0.4, -0.2) is 23.2 Å². The zero-order valence-corrected chi connectivity index (χ0v) is 10.6. The second-order valence-electron chi connectivity index (χ2n) is 5.09. The maximum Gasteiger partial charge on any atom is 0.254 e. The molecule has 104 valence electrons. The summed E-state index contributed by atoms with van der Waals surface area (Å²) in [6.45, 7) is 0.0999. The lowest BCUT2D eigenvalue weighted by Crippen LogP contribution is -2.44. The lowest BCUT2D eigenvalue weighted by atomic mass is 9.85. The molecule has 0 aromatic heterocycles. The SMILES string of the molecule is O=C(NCC1(O)CCCCC1)c1ccc(F)cc1F. The molecule has 5 heteroatoms. The Morgan fingerprint density at radius 2 is 1.95 bits per heavy atom. The average Bonchev–Trinajstić information content (AvgIpc) is 2.37. The van der Waals surface area contributed by atoms with Crippen LogP contribution in [0, 0.1) is 11.6 Å². The first-order valence-electron chi connectivity index (χ1n) is 6.46. The van der Waals surface area contributed by atoms with Gasteiger partial charge in [-0.1, -0.05) is 19.3 Å². The molecule has 1 aliphatic rings. The molecule has 0 bridgehead atoms. The Bertz CT molecular complexity index is 471. The number of halogens is 2. The highest BCUT2D eigenvalue weighted by Gasteiger charge is 2.29. The van der Waals surface area contributed by atoms with E-state index in [1.54, 1.807) is 0 Å². The van der Waals surface area contributed by atoms with Crippen molar-refractivity contribution in [2.45, 2.75) is 37.7 Å². The number of benzene rings is 1. The highest BCUT2D eigenvalue weighted by atomic mass is 19.1. The molecule has 0 radical (unpaired) electrons. The zero-order chi connectivity index (χ0) is 13.9. The molecule has 0 atom stereocenters. The summed E-state index contributed by atoms with van der Waals surface area (Å²) >= 11 is 0. The lowest BCUT2D eigenvalue weighted by Gasteiger charge is -2.32. The predicted molar refractivity (Wildman–Crippen MR) is 66.7 cm³/mol. The van der Waals surface area contributed by atoms with Gasteiger partial charge in [-0.15, -0.1) is 0 Å². The summed E-state index contributed by atoms with van der Waals surface area (Å²) in [4.78, 5) is 11.8. The molecule has 0 spiro atoms. The molecule has 2 N–H and O–H groups in total. The molecule has 0 aliphatic heterocycles. The Morgan fingerprint density at radius 1 is 1.26 bits per heavy atom. The van der Waals surface area contributed by atoms with Gasteiger partial charge in [-0.3, -0.25) is 4.79 Å². The van der Waals surface area contributed by atoms with Gasteiger partial charge in [-0.25, -0.2) is 8.78 Å². The van der Waals surface area contributed by atoms with Crippen LogP contribution in [0.4, 0.5) is 8.78 Å². The van der Waals surface area contributed by atoms with E-state index in [-0.39, 0.29) is 12.1 Å². The van der Waals surface area contributed by atoms with Crippen molar-refractivity contribution in [1.82, 2.24) is 5.32 Å². The summed E-state index contributed by atoms with van der Waals surface area (Å²) in [5.74, 6) is -2.25. The molecule has 1 fully saturated rings. The summed E-state index contributed by atoms with van der Waals surface area (Å²) < 4.78 is 26.1. The molecule has 1 aromatic rings. The highest BCUT2D eigenvalue weighted by Crippen LogP contribution is 2.27. The first-order chi connectivity index (χ1) is 9.00. The van der Waals surface area contributed by atoms with Gasteiger partial charge >= 0.3 is 0 Å². The highest BCUT2D eigenvalue weighted by molar-refractivity contribution is 5.94. The molecule has 1 aromatic carbocycles. The van der Waals surface area contributed by atoms with Crippen LogP contribution in [0.25, 0.3) is 0 Å². The van der Waals surface area contributed by atoms with Crippen molar-refractivity contribution in [3.8, 4) is 0 Å². The summed E-state index contributed by atoms with van der Waals surface area (Å²) in [6, 6.07) is 2.81. The smallest absolute Gasteiger partial charge is 0.254 e. The van der Waals surface area contributed by atoms with Crippen LogP contribution in [0.5, 0.6) is 0 Å². The third-order valence-corrected chi connectivity index (χ3v) is 3.54. The van der Waals surface area contributed by atoms with Crippen molar-refractivity contribution in [3.05, 3.63) is 35.4 Å². The quantitative estimate of drug-likeness (QED) is 0.885. The van der Waals surface area contributed by atoms with Crippen molar-refractivity contribution in [3.63, 3.8) is 0 Å². The van der Waals surface area contributed by atoms with Crippen molar-refractivity contribution in [2.75, 3.05) is 6.54 Å². The monoisotopic (exact) mass is 269 g/mol. The topological polar surface area (TPSA) is 49.3 Å². The van der Waals surface area contributed by atoms with Gasteiger partial charge in [0.2, 0.25) is 0 Å². The van der Waals surface area contributed by atoms with E-state index in [1.807, 2.05) is 0 Å². The van der Waals surface area contributed by atoms with E-state index >= 15 is 0 Å². The van der Waals surface area contributed by atoms with Crippen molar-refractivity contribution in [1.29, 1.82) is 0 Å². The van der Waals surface area contributed by atoms with E-state index in [4.69, 9.17) is 0 Å². The maximum atomic E-state index is 13.4. The Morgan fingerprint density at radius 3 is 2.58 bits per heavy atom. The summed E-state index contributed by atoms with van der Waals surface area (Å²) in [6.07, 6.45) is 4.22. The number of rotatable bonds is 3. The molecule has 1 saturated carbocycles. The van der Waals surface area contributed by atoms with Gasteiger partial charge in [0.25, 0.3) is 5.91 Å². The Hall–Kier alpha value is -1.49. The Labute approximate surface area is 110 Å². The number of hydrogen-bond acceptors (Lipinski definition) is 2. The van der Waals surface area contributed by atoms with Crippen LogP contribution >= 0.6 is 0 Å². The summed E-state index contributed by atoms with van der Waals surface area (Å²) in [5.41, 5.74) is -1.11. The van der Waals surface area contributed by atoms with Crippen molar-refractivity contribution in [2.24, 2.45) is 0 Å². The minimum Gasteiger partial charge on any atom is -0.388 e. The maximum absolute atomic E-state index is 13.4. The van der Waals surface area contributed by atoms with Gasteiger partial charge in [0.1, 0.15) is 11.6 Å². The number of aliphatic hydroxyl groups is 1. The summed E-state index contributed by atoms with van der Waals surface area (Å²) in [5, 5.41) is 12.7. The van der Waals surface area contributed by atoms with Gasteiger partial charge in [0.15, 0.2) is 0 Å². The first kappa shape index (κ1) is 13.9. The molecule has 3 nitrogen and oxygen atoms in total. The van der Waals surface area contributed by atoms with Crippen LogP contribution in [0.2, 0.25) is 0 Å². The zero-order valence-electron chi connectivity index (χ0n) is 10.6. The second-order valence-corrected chi connectivity index (χ2v) is 5.09. The van der Waals surface area contributed by atoms with Crippen molar-refractivity contribution >= 4 is 5.91 Å². The molecule has 19 heavy (non-hydrogen) atoms. The molecule has 0 saturated heterocycles. The third kappa shape index (κ3) is 3.50. The van der Waals surface area contributed by atoms with Gasteiger partial charge in [0.05, 0.1) is 11.2 Å². The van der Waals surface area contributed by atoms with E-state index < -0.39 is 23.1 Å². The van der Waals surface area contributed by atoms with Crippen LogP contribution in [-0.2, 0) is 0 Å². The van der Waals surface area contributed by atoms with E-state index in [0.717, 1.165) is 31.4 Å². The molecule has 0 unspecified atom stereocenters. The van der Waals surface area contributed by atoms with Gasteiger partial charge in [-0.2, -0.15) is 0 Å². The molecular weight excluding hydrogens is 252 g/mol. The van der Waals surface area contributed by atoms with E-state index in [0.29, 0.717) is 18.9 Å². The number of carbonyl (C=O) groups is 1. The number of hydrogen-bond donors (Lipinski definition) is 2. The third-order valence-electron chi connectivity index (χ3n) is 3.54. The molecule has 1 amide bonds. The van der Waals surface area contributed by atoms with Crippen LogP contribution in [0.3, 0.4) is 0 Å². The van der Waals surface area contributed by atoms with Crippen molar-refractivity contribution < 1.29 is 18.7 Å². The first-order valence-corrected chi connectivity index (χ1v) is 6.46. The fraction of sp³-hybridized carbons (Fsp3) is 0.500. The number of amides is 1. The Balaban J connectivity index is 1.97. The molecule has 1 aliphatic carbocycles. The molecule has 2 rings (SSSR count). The van der Waals surface area contributed by atoms with E-state index in [2.05, 4.69) is 5.32 Å². The van der Waals surface area contributed by atoms with E-state index in [1.165, 1.54) is 0 Å². The summed E-state index contributed by atoms with van der Waals surface area (Å²) in [7, 11) is 0. The largest absolute Gasteiger partial charge is 0.388 e. The normalized spacial score (nSPS) is 18.1. The minimum atomic E-state index is -0.898. The van der Waals surface area contributed by atoms with Crippen LogP contribution in [0.1, 0.15) is 42.5 Å². The minimum absolute atomic E-state index is 0.0999. The fourth-order valence-corrected chi connectivity index (χ4v) is 2.40. The van der Waals surface area contributed by atoms with Gasteiger partial charge < -0.3 is 10.4 Å². The second kappa shape index (κ2) is 5.65. The Kier molecular flexibility index (Phi) is 4.14.